The van der Waals surface area contributed by atoms with Crippen LogP contribution in [0.3, 0.4) is 0 Å². The molecule has 1 aliphatic carbocycles. The van der Waals surface area contributed by atoms with Crippen molar-refractivity contribution in [3.05, 3.63) is 51.2 Å². The number of nitrogens with one attached hydrogen (secondary N) is 1. The number of carbonyl (C=O) groups excluding carboxylic acids is 1. The normalized spacial score (nSPS) is 17.3. The van der Waals surface area contributed by atoms with E-state index in [9.17, 15) is 9.18 Å². The quantitative estimate of drug-likeness (QED) is 0.916. The summed E-state index contributed by atoms with van der Waals surface area (Å²) in [5.74, 6) is -0.314. The summed E-state index contributed by atoms with van der Waals surface area (Å²) in [5.41, 5.74) is 4.44. The Morgan fingerprint density at radius 1 is 1.53 bits per heavy atom. The number of fused-ring (bicyclic) bond motifs is 1. The number of nitrogens with zero attached hydrogens (tertiary/aromatic N) is 1. The molecule has 0 aliphatic heterocycles. The Hall–Kier alpha value is -1.75. The fourth-order valence-electron chi connectivity index (χ4n) is 2.48. The van der Waals surface area contributed by atoms with Gasteiger partial charge in [0.15, 0.2) is 0 Å². The number of amides is 1. The van der Waals surface area contributed by atoms with E-state index in [2.05, 4.69) is 10.3 Å². The number of thiazole rings is 1. The van der Waals surface area contributed by atoms with Crippen LogP contribution in [0.1, 0.15) is 39.0 Å². The van der Waals surface area contributed by atoms with Crippen molar-refractivity contribution >= 4 is 17.2 Å². The summed E-state index contributed by atoms with van der Waals surface area (Å²) >= 11 is 1.34. The number of carbonyl (C=O) groups is 1. The van der Waals surface area contributed by atoms with Crippen molar-refractivity contribution in [2.24, 2.45) is 0 Å². The Labute approximate surface area is 114 Å². The van der Waals surface area contributed by atoms with Gasteiger partial charge >= 0.3 is 0 Å². The lowest BCUT2D eigenvalue weighted by Gasteiger charge is -2.13. The molecule has 1 atom stereocenters. The highest BCUT2D eigenvalue weighted by molar-refractivity contribution is 7.11. The predicted octanol–water partition coefficient (Wildman–Crippen LogP) is 3.01. The largest absolute Gasteiger partial charge is 0.344 e. The summed E-state index contributed by atoms with van der Waals surface area (Å²) in [6.45, 7) is 1.82. The van der Waals surface area contributed by atoms with Crippen LogP contribution < -0.4 is 5.32 Å². The number of aromatic nitrogens is 1. The first-order valence-corrected chi connectivity index (χ1v) is 7.02. The summed E-state index contributed by atoms with van der Waals surface area (Å²) < 4.78 is 13.1. The van der Waals surface area contributed by atoms with Crippen LogP contribution in [0.4, 0.5) is 4.39 Å². The van der Waals surface area contributed by atoms with E-state index in [0.29, 0.717) is 4.88 Å². The van der Waals surface area contributed by atoms with Crippen LogP contribution in [-0.4, -0.2) is 10.9 Å². The van der Waals surface area contributed by atoms with Crippen molar-refractivity contribution in [1.82, 2.24) is 10.3 Å². The van der Waals surface area contributed by atoms with Crippen LogP contribution in [0.15, 0.2) is 23.7 Å². The fourth-order valence-corrected chi connectivity index (χ4v) is 3.19. The Morgan fingerprint density at radius 3 is 3.11 bits per heavy atom. The zero-order chi connectivity index (χ0) is 13.4. The minimum absolute atomic E-state index is 0.0235. The van der Waals surface area contributed by atoms with Crippen LogP contribution in [0.2, 0.25) is 0 Å². The van der Waals surface area contributed by atoms with Crippen LogP contribution in [0, 0.1) is 12.7 Å². The molecule has 0 fully saturated rings. The maximum atomic E-state index is 13.1. The van der Waals surface area contributed by atoms with Crippen molar-refractivity contribution in [2.75, 3.05) is 0 Å². The number of halogens is 1. The van der Waals surface area contributed by atoms with Crippen LogP contribution in [0.5, 0.6) is 0 Å². The third-order valence-corrected chi connectivity index (χ3v) is 4.37. The van der Waals surface area contributed by atoms with E-state index in [1.807, 2.05) is 6.92 Å². The van der Waals surface area contributed by atoms with Crippen molar-refractivity contribution < 1.29 is 9.18 Å². The molecule has 0 spiro atoms. The third-order valence-electron chi connectivity index (χ3n) is 3.44. The van der Waals surface area contributed by atoms with Gasteiger partial charge in [-0.15, -0.1) is 11.3 Å². The fraction of sp³-hybridized carbons (Fsp3) is 0.286. The van der Waals surface area contributed by atoms with Gasteiger partial charge in [-0.3, -0.25) is 4.79 Å². The maximum absolute atomic E-state index is 13.1. The van der Waals surface area contributed by atoms with Gasteiger partial charge in [-0.2, -0.15) is 0 Å². The molecule has 98 valence electrons. The first kappa shape index (κ1) is 12.3. The molecule has 1 amide bonds. The summed E-state index contributed by atoms with van der Waals surface area (Å²) in [4.78, 5) is 16.9. The smallest absolute Gasteiger partial charge is 0.263 e. The zero-order valence-electron chi connectivity index (χ0n) is 10.4. The first-order valence-electron chi connectivity index (χ1n) is 6.14. The predicted molar refractivity (Wildman–Crippen MR) is 71.8 cm³/mol. The molecule has 19 heavy (non-hydrogen) atoms. The van der Waals surface area contributed by atoms with Gasteiger partial charge in [-0.05, 0) is 43.0 Å². The van der Waals surface area contributed by atoms with E-state index in [1.54, 1.807) is 17.6 Å². The van der Waals surface area contributed by atoms with Gasteiger partial charge in [-0.1, -0.05) is 6.07 Å². The van der Waals surface area contributed by atoms with E-state index >= 15 is 0 Å². The van der Waals surface area contributed by atoms with Gasteiger partial charge in [0.05, 0.1) is 17.2 Å². The maximum Gasteiger partial charge on any atom is 0.263 e. The lowest BCUT2D eigenvalue weighted by molar-refractivity contribution is 0.0940. The lowest BCUT2D eigenvalue weighted by Crippen LogP contribution is -2.26. The molecule has 3 nitrogen and oxygen atoms in total. The second kappa shape index (κ2) is 4.74. The minimum atomic E-state index is -0.218. The molecular formula is C14H13FN2OS. The standard InChI is InChI=1S/C14H13FN2OS/c1-8-13(19-7-16-8)14(18)17-12-5-2-9-6-10(15)3-4-11(9)12/h3-4,6-7,12H,2,5H2,1H3,(H,17,18)/t12-/m1/s1. The Bertz CT molecular complexity index is 638. The first-order chi connectivity index (χ1) is 9.15. The van der Waals surface area contributed by atoms with E-state index < -0.39 is 0 Å². The molecule has 0 saturated heterocycles. The van der Waals surface area contributed by atoms with E-state index in [-0.39, 0.29) is 17.8 Å². The minimum Gasteiger partial charge on any atom is -0.344 e. The molecular weight excluding hydrogens is 263 g/mol. The van der Waals surface area contributed by atoms with E-state index in [0.717, 1.165) is 29.7 Å². The van der Waals surface area contributed by atoms with E-state index in [4.69, 9.17) is 0 Å². The summed E-state index contributed by atoms with van der Waals surface area (Å²) in [7, 11) is 0. The highest BCUT2D eigenvalue weighted by Crippen LogP contribution is 2.32. The number of hydrogen-bond donors (Lipinski definition) is 1. The van der Waals surface area contributed by atoms with Gasteiger partial charge in [0, 0.05) is 0 Å². The van der Waals surface area contributed by atoms with Crippen molar-refractivity contribution in [3.63, 3.8) is 0 Å². The molecule has 3 rings (SSSR count). The molecule has 0 unspecified atom stereocenters. The molecule has 1 aliphatic rings. The Kier molecular flexibility index (Phi) is 3.06. The van der Waals surface area contributed by atoms with Gasteiger partial charge in [-0.25, -0.2) is 9.37 Å². The second-order valence-electron chi connectivity index (χ2n) is 4.67. The molecule has 1 aromatic heterocycles. The topological polar surface area (TPSA) is 42.0 Å². The average Bonchev–Trinajstić information content (AvgIpc) is 2.96. The SMILES string of the molecule is Cc1ncsc1C(=O)N[C@@H]1CCc2cc(F)ccc21. The summed E-state index contributed by atoms with van der Waals surface area (Å²) in [5, 5.41) is 3.01. The van der Waals surface area contributed by atoms with Gasteiger partial charge in [0.2, 0.25) is 0 Å². The molecule has 1 heterocycles. The van der Waals surface area contributed by atoms with Crippen LogP contribution in [-0.2, 0) is 6.42 Å². The molecule has 0 saturated carbocycles. The van der Waals surface area contributed by atoms with Gasteiger partial charge in [0.1, 0.15) is 10.7 Å². The van der Waals surface area contributed by atoms with Crippen LogP contribution >= 0.6 is 11.3 Å². The van der Waals surface area contributed by atoms with Crippen LogP contribution in [0.25, 0.3) is 0 Å². The van der Waals surface area contributed by atoms with Crippen molar-refractivity contribution in [3.8, 4) is 0 Å². The molecule has 5 heteroatoms. The molecule has 0 radical (unpaired) electrons. The highest BCUT2D eigenvalue weighted by Gasteiger charge is 2.25. The Balaban J connectivity index is 1.80. The molecule has 0 bridgehead atoms. The van der Waals surface area contributed by atoms with Crippen molar-refractivity contribution in [2.45, 2.75) is 25.8 Å². The number of aryl methyl sites for hydroxylation is 2. The number of rotatable bonds is 2. The lowest BCUT2D eigenvalue weighted by atomic mass is 10.1. The monoisotopic (exact) mass is 276 g/mol. The van der Waals surface area contributed by atoms with Gasteiger partial charge < -0.3 is 5.32 Å². The molecule has 1 N–H and O–H groups in total. The third kappa shape index (κ3) is 2.26. The molecule has 1 aromatic carbocycles. The zero-order valence-corrected chi connectivity index (χ0v) is 11.3. The number of hydrogen-bond acceptors (Lipinski definition) is 3. The second-order valence-corrected chi connectivity index (χ2v) is 5.53. The molecule has 2 aromatic rings. The van der Waals surface area contributed by atoms with E-state index in [1.165, 1.54) is 17.4 Å². The van der Waals surface area contributed by atoms with Crippen molar-refractivity contribution in [1.29, 1.82) is 0 Å². The van der Waals surface area contributed by atoms with Gasteiger partial charge in [0.25, 0.3) is 5.91 Å². The number of benzene rings is 1. The Morgan fingerprint density at radius 2 is 2.37 bits per heavy atom. The summed E-state index contributed by atoms with van der Waals surface area (Å²) in [6.07, 6.45) is 1.63. The highest BCUT2D eigenvalue weighted by atomic mass is 32.1. The average molecular weight is 276 g/mol. The summed E-state index contributed by atoms with van der Waals surface area (Å²) in [6, 6.07) is 4.74.